The second-order valence-electron chi connectivity index (χ2n) is 37.8. The number of amides is 8. The van der Waals surface area contributed by atoms with Gasteiger partial charge in [0.25, 0.3) is 0 Å². The van der Waals surface area contributed by atoms with Crippen LogP contribution in [0.15, 0.2) is 267 Å². The zero-order chi connectivity index (χ0) is 95.7. The van der Waals surface area contributed by atoms with Crippen molar-refractivity contribution in [3.8, 4) is 56.8 Å². The number of hydrogen-bond donors (Lipinski definition) is 9. The number of likely N-dealkylation sites (tertiary alicyclic amines) is 4. The number of methoxy groups -OCH3 is 1. The van der Waals surface area contributed by atoms with E-state index < -0.39 is 0 Å². The van der Waals surface area contributed by atoms with Crippen molar-refractivity contribution in [3.63, 3.8) is 0 Å². The van der Waals surface area contributed by atoms with Gasteiger partial charge in [-0.15, -0.1) is 0 Å². The van der Waals surface area contributed by atoms with Gasteiger partial charge >= 0.3 is 24.1 Å². The molecule has 9 heterocycles. The summed E-state index contributed by atoms with van der Waals surface area (Å²) in [6, 6.07) is 83.4. The minimum atomic E-state index is -0.130. The number of piperidine rings is 4. The normalized spacial score (nSPS) is 16.4. The third-order valence-electron chi connectivity index (χ3n) is 29.8. The van der Waals surface area contributed by atoms with E-state index in [0.29, 0.717) is 67.8 Å². The van der Waals surface area contributed by atoms with Crippen LogP contribution in [0.1, 0.15) is 107 Å². The number of fused-ring (bicyclic) bond motifs is 17. The second-order valence-corrected chi connectivity index (χ2v) is 37.8. The summed E-state index contributed by atoms with van der Waals surface area (Å²) in [5.41, 5.74) is 24.9. The van der Waals surface area contributed by atoms with Crippen molar-refractivity contribution in [2.24, 2.45) is 0 Å². The van der Waals surface area contributed by atoms with Gasteiger partial charge in [0, 0.05) is 203 Å². The maximum Gasteiger partial charge on any atom is 0.321 e. The Bertz CT molecular complexity index is 6940. The van der Waals surface area contributed by atoms with Crippen LogP contribution in [0, 0.1) is 11.3 Å². The van der Waals surface area contributed by atoms with E-state index in [1.54, 1.807) is 25.3 Å². The summed E-state index contributed by atoms with van der Waals surface area (Å²) in [6.07, 6.45) is 18.7. The summed E-state index contributed by atoms with van der Waals surface area (Å²) >= 11 is 0. The van der Waals surface area contributed by atoms with Gasteiger partial charge in [0.15, 0.2) is 0 Å². The molecule has 9 aliphatic rings. The summed E-state index contributed by atoms with van der Waals surface area (Å²) in [4.78, 5) is 99.2. The van der Waals surface area contributed by atoms with Gasteiger partial charge in [0.05, 0.1) is 41.5 Å². The molecule has 4 aliphatic carbocycles. The predicted molar refractivity (Wildman–Crippen MR) is 552 cm³/mol. The number of carbonyl (C=O) groups is 4. The van der Waals surface area contributed by atoms with E-state index in [9.17, 15) is 24.4 Å². The van der Waals surface area contributed by atoms with Crippen molar-refractivity contribution in [2.75, 3.05) is 149 Å². The van der Waals surface area contributed by atoms with Gasteiger partial charge in [0.1, 0.15) is 5.75 Å². The lowest BCUT2D eigenvalue weighted by Gasteiger charge is -2.45. The number of aromatic nitrogens is 8. The maximum absolute atomic E-state index is 13.1. The molecule has 9 N–H and O–H groups in total. The second kappa shape index (κ2) is 40.4. The molecule has 10 aromatic carbocycles. The van der Waals surface area contributed by atoms with Crippen LogP contribution in [0.2, 0.25) is 0 Å². The van der Waals surface area contributed by atoms with Crippen LogP contribution in [-0.2, 0) is 53.9 Å². The van der Waals surface area contributed by atoms with Crippen LogP contribution in [0.25, 0.3) is 55.8 Å². The first-order valence-electron chi connectivity index (χ1n) is 48.6. The van der Waals surface area contributed by atoms with Crippen LogP contribution in [0.5, 0.6) is 5.75 Å². The number of carbonyl (C=O) groups excluding carboxylic acids is 4. The first-order valence-corrected chi connectivity index (χ1v) is 48.6. The molecule has 0 unspecified atom stereocenters. The number of hydrogen-bond acceptors (Lipinski definition) is 20. The molecule has 0 bridgehead atoms. The maximum atomic E-state index is 13.1. The first kappa shape index (κ1) is 91.8. The largest absolute Gasteiger partial charge is 0.497 e. The Balaban J connectivity index is 0.000000116. The Labute approximate surface area is 815 Å². The number of nitrogens with zero attached hydrogens (tertiary/aromatic N) is 14. The molecule has 5 aliphatic heterocycles. The van der Waals surface area contributed by atoms with Gasteiger partial charge in [-0.05, 0) is 217 Å². The molecule has 23 rings (SSSR count). The van der Waals surface area contributed by atoms with E-state index in [1.165, 1.54) is 66.7 Å². The molecule has 8 amide bonds. The van der Waals surface area contributed by atoms with Crippen molar-refractivity contribution >= 4 is 87.1 Å². The number of urea groups is 4. The smallest absolute Gasteiger partial charge is 0.321 e. The summed E-state index contributed by atoms with van der Waals surface area (Å²) in [7, 11) is 7.16. The Kier molecular flexibility index (Phi) is 26.5. The van der Waals surface area contributed by atoms with E-state index in [4.69, 9.17) is 29.7 Å². The van der Waals surface area contributed by atoms with Crippen molar-refractivity contribution in [2.45, 2.75) is 105 Å². The number of rotatable bonds is 12. The van der Waals surface area contributed by atoms with E-state index in [0.717, 1.165) is 197 Å². The van der Waals surface area contributed by atoms with Crippen LogP contribution in [-0.4, -0.2) is 190 Å². The van der Waals surface area contributed by atoms with Crippen LogP contribution in [0.3, 0.4) is 0 Å². The fourth-order valence-corrected chi connectivity index (χ4v) is 22.2. The molecule has 5 fully saturated rings. The van der Waals surface area contributed by atoms with Gasteiger partial charge in [-0.1, -0.05) is 164 Å². The summed E-state index contributed by atoms with van der Waals surface area (Å²) in [5.74, 6) is 3.29. The first-order chi connectivity index (χ1) is 68.5. The van der Waals surface area contributed by atoms with Crippen molar-refractivity contribution in [1.29, 1.82) is 5.26 Å². The highest BCUT2D eigenvalue weighted by atomic mass is 16.5. The lowest BCUT2D eigenvalue weighted by Crippen LogP contribution is -2.50. The predicted octanol–water partition coefficient (Wildman–Crippen LogP) is 19.1. The fraction of sp³-hybridized carbons (Fsp3) is 0.295. The molecule has 0 atom stereocenters. The number of anilines is 9. The Morgan fingerprint density at radius 1 is 0.371 bits per heavy atom. The molecule has 0 radical (unpaired) electrons. The van der Waals surface area contributed by atoms with Crippen molar-refractivity contribution in [3.05, 3.63) is 323 Å². The zero-order valence-corrected chi connectivity index (χ0v) is 79.4. The highest BCUT2D eigenvalue weighted by Gasteiger charge is 2.48. The van der Waals surface area contributed by atoms with Crippen LogP contribution < -0.4 is 57.5 Å². The molecule has 140 heavy (non-hydrogen) atoms. The van der Waals surface area contributed by atoms with Gasteiger partial charge < -0.3 is 77.1 Å². The van der Waals surface area contributed by atoms with Crippen molar-refractivity contribution in [1.82, 2.24) is 70.1 Å². The average molecular weight is 1860 g/mol. The highest BCUT2D eigenvalue weighted by molar-refractivity contribution is 5.94. The number of piperazine rings is 1. The van der Waals surface area contributed by atoms with E-state index in [2.05, 4.69) is 207 Å². The minimum Gasteiger partial charge on any atom is -0.497 e. The molecule has 28 heteroatoms. The standard InChI is InChI=1S/C34H34N8O.C28H27N5O.C25H27N5O2.C25H27N5O/c35-22-24-4-3-5-27(20-24)39-33(43)42-16-12-34(13-17-42)21-25-23-37-32(40-31(25)29-6-1-2-7-30(29)34)38-26-8-10-28(11-9-26)41-18-14-36-15-19-41;1-29-26-30-18-21-17-28(24-9-5-4-8-23(24)25(21)32-26)12-14-33(15-13-28)27(34)31-22-11-10-19-6-2-3-7-20(19)16-22;1-26-23-27-16-17-15-25(21-6-4-3-5-20(21)22(17)29-23)11-13-30(14-12-25)24(31)28-18-7-9-19(32-2)10-8-18;1-26-23-27-17-19-15-25(21-10-6-5-9-20(21)22(19)29-23)11-13-30(14-12-25)24(31)28-16-18-7-3-2-4-8-18/h1-11,20,23,36H,12-19,21H2,(H,39,43)(H,37,38,40);2-11,16,18H,12-15,17H2,1H3,(H,31,34)(H,29,30,32);3-10,16H,11-15H2,1-2H3,(H,28,31)(H,26,27,29);2-10,17H,11-16H2,1H3,(H,28,31)(H,26,27,29). The van der Waals surface area contributed by atoms with Crippen molar-refractivity contribution < 1.29 is 23.9 Å². The monoisotopic (exact) mass is 1860 g/mol. The minimum absolute atomic E-state index is 0.00497. The number of benzene rings is 10. The summed E-state index contributed by atoms with van der Waals surface area (Å²) in [6.45, 7) is 10.3. The molecule has 708 valence electrons. The van der Waals surface area contributed by atoms with E-state index >= 15 is 0 Å². The lowest BCUT2D eigenvalue weighted by molar-refractivity contribution is 0.156. The zero-order valence-electron chi connectivity index (χ0n) is 79.4. The fourth-order valence-electron chi connectivity index (χ4n) is 22.2. The summed E-state index contributed by atoms with van der Waals surface area (Å²) < 4.78 is 5.19. The third-order valence-corrected chi connectivity index (χ3v) is 29.8. The topological polar surface area (TPSA) is 329 Å². The highest BCUT2D eigenvalue weighted by Crippen LogP contribution is 2.53. The van der Waals surface area contributed by atoms with E-state index in [1.807, 2.05) is 157 Å². The van der Waals surface area contributed by atoms with Crippen LogP contribution >= 0.6 is 0 Å². The molecule has 4 spiro atoms. The molecule has 0 saturated carbocycles. The Morgan fingerprint density at radius 3 is 1.16 bits per heavy atom. The van der Waals surface area contributed by atoms with Gasteiger partial charge in [-0.25, -0.2) is 59.0 Å². The van der Waals surface area contributed by atoms with Gasteiger partial charge in [-0.3, -0.25) is 0 Å². The molecule has 5 saturated heterocycles. The van der Waals surface area contributed by atoms with E-state index in [-0.39, 0.29) is 45.8 Å². The van der Waals surface area contributed by atoms with Gasteiger partial charge in [-0.2, -0.15) is 5.26 Å². The summed E-state index contributed by atoms with van der Waals surface area (Å²) in [5, 5.41) is 39.6. The quantitative estimate of drug-likeness (QED) is 0.0549. The number of ether oxygens (including phenoxy) is 1. The third kappa shape index (κ3) is 19.2. The Morgan fingerprint density at radius 2 is 0.736 bits per heavy atom. The molecule has 28 nitrogen and oxygen atoms in total. The Hall–Kier alpha value is -15.9. The number of nitriles is 1. The average Bonchev–Trinajstić information content (AvgIpc) is 0.746. The lowest BCUT2D eigenvalue weighted by atomic mass is 9.64. The molecule has 4 aromatic heterocycles. The molecular formula is C112H115N23O5. The molecular weight excluding hydrogens is 1750 g/mol. The number of nitrogens with one attached hydrogen (secondary N) is 9. The van der Waals surface area contributed by atoms with Crippen LogP contribution in [0.4, 0.5) is 71.4 Å². The molecule has 14 aromatic rings. The van der Waals surface area contributed by atoms with Gasteiger partial charge in [0.2, 0.25) is 23.8 Å². The SMILES string of the molecule is CNc1ncc2c(n1)-c1ccccc1C1(CCN(C(=O)NCc3ccccc3)CC1)C2.CNc1ncc2c(n1)-c1ccccc1C1(CCN(C(=O)Nc3ccc(OC)cc3)CC1)C2.CNc1ncc2c(n1)-c1ccccc1C1(CCN(C(=O)Nc3ccc4ccccc4c3)CC1)C2.N#Cc1cccc(NC(=O)N2CCC3(CC2)Cc2cnc(Nc4ccc(N5CCNCC5)cc4)nc2-c2ccccc23)c1.